The molecule has 2 bridgehead atoms. The van der Waals surface area contributed by atoms with Crippen molar-refractivity contribution in [1.82, 2.24) is 4.90 Å². The van der Waals surface area contributed by atoms with Crippen LogP contribution in [0.15, 0.2) is 0 Å². The zero-order chi connectivity index (χ0) is 15.0. The molecule has 2 aliphatic rings. The number of nitrogens with zero attached hydrogens (tertiary/aromatic N) is 1. The molecule has 20 heavy (non-hydrogen) atoms. The fourth-order valence-electron chi connectivity index (χ4n) is 3.35. The molecule has 1 heterocycles. The Morgan fingerprint density at radius 2 is 1.75 bits per heavy atom. The van der Waals surface area contributed by atoms with Gasteiger partial charge in [0.25, 0.3) is 0 Å². The fourth-order valence-corrected chi connectivity index (χ4v) is 3.35. The molecule has 0 aromatic heterocycles. The first-order valence-electron chi connectivity index (χ1n) is 6.99. The molecule has 1 saturated heterocycles. The van der Waals surface area contributed by atoms with Crippen molar-refractivity contribution in [3.8, 4) is 0 Å². The number of esters is 2. The molecule has 6 heteroatoms. The van der Waals surface area contributed by atoms with Crippen molar-refractivity contribution in [1.29, 1.82) is 0 Å². The second kappa shape index (κ2) is 5.42. The molecule has 4 atom stereocenters. The van der Waals surface area contributed by atoms with Gasteiger partial charge in [-0.25, -0.2) is 0 Å². The average molecular weight is 283 g/mol. The summed E-state index contributed by atoms with van der Waals surface area (Å²) in [5.74, 6) is -1.10. The first-order chi connectivity index (χ1) is 9.32. The summed E-state index contributed by atoms with van der Waals surface area (Å²) < 4.78 is 10.7. The van der Waals surface area contributed by atoms with Gasteiger partial charge in [-0.1, -0.05) is 0 Å². The molecule has 1 saturated carbocycles. The van der Waals surface area contributed by atoms with Crippen LogP contribution >= 0.6 is 0 Å². The first kappa shape index (κ1) is 14.8. The number of hydrogen-bond donors (Lipinski definition) is 0. The van der Waals surface area contributed by atoms with Crippen LogP contribution in [0.1, 0.15) is 40.5 Å². The van der Waals surface area contributed by atoms with Gasteiger partial charge in [-0.15, -0.1) is 0 Å². The van der Waals surface area contributed by atoms with Crippen LogP contribution < -0.4 is 0 Å². The number of fused-ring (bicyclic) bond motifs is 2. The van der Waals surface area contributed by atoms with E-state index in [-0.39, 0.29) is 29.9 Å². The van der Waals surface area contributed by atoms with E-state index in [1.807, 2.05) is 13.8 Å². The predicted octanol–water partition coefficient (Wildman–Crippen LogP) is 0.879. The summed E-state index contributed by atoms with van der Waals surface area (Å²) in [6.07, 6.45) is 0.290. The minimum Gasteiger partial charge on any atom is -0.460 e. The minimum absolute atomic E-state index is 0.00842. The van der Waals surface area contributed by atoms with Gasteiger partial charge >= 0.3 is 11.9 Å². The number of rotatable bonds is 3. The van der Waals surface area contributed by atoms with Gasteiger partial charge in [0.15, 0.2) is 0 Å². The van der Waals surface area contributed by atoms with Crippen LogP contribution in [0, 0.1) is 5.92 Å². The van der Waals surface area contributed by atoms with E-state index in [9.17, 15) is 14.4 Å². The van der Waals surface area contributed by atoms with Gasteiger partial charge in [0.1, 0.15) is 18.2 Å². The van der Waals surface area contributed by atoms with E-state index < -0.39 is 18.2 Å². The van der Waals surface area contributed by atoms with Crippen molar-refractivity contribution in [3.63, 3.8) is 0 Å². The lowest BCUT2D eigenvalue weighted by Crippen LogP contribution is -2.52. The van der Waals surface area contributed by atoms with Crippen molar-refractivity contribution in [2.24, 2.45) is 5.92 Å². The van der Waals surface area contributed by atoms with E-state index in [1.165, 1.54) is 13.8 Å². The van der Waals surface area contributed by atoms with E-state index in [4.69, 9.17) is 9.47 Å². The Morgan fingerprint density at radius 1 is 1.15 bits per heavy atom. The molecule has 1 aliphatic carbocycles. The van der Waals surface area contributed by atoms with Gasteiger partial charge in [0.2, 0.25) is 5.91 Å². The van der Waals surface area contributed by atoms with Gasteiger partial charge in [-0.2, -0.15) is 0 Å². The monoisotopic (exact) mass is 283 g/mol. The Hall–Kier alpha value is -1.59. The molecule has 0 aromatic carbocycles. The van der Waals surface area contributed by atoms with Crippen LogP contribution in [0.5, 0.6) is 0 Å². The summed E-state index contributed by atoms with van der Waals surface area (Å²) in [6, 6.07) is -0.388. The smallest absolute Gasteiger partial charge is 0.303 e. The van der Waals surface area contributed by atoms with Gasteiger partial charge < -0.3 is 14.4 Å². The third-order valence-corrected chi connectivity index (χ3v) is 3.94. The molecule has 2 fully saturated rings. The molecule has 0 radical (unpaired) electrons. The largest absolute Gasteiger partial charge is 0.460 e. The highest BCUT2D eigenvalue weighted by molar-refractivity contribution is 5.84. The fraction of sp³-hybridized carbons (Fsp3) is 0.786. The SMILES string of the molecule is CC(=O)OC1CC[C@@H]2C(=O)N(C(C)C)[C@H]1C2OC(C)=O. The highest BCUT2D eigenvalue weighted by atomic mass is 16.6. The van der Waals surface area contributed by atoms with E-state index >= 15 is 0 Å². The zero-order valence-corrected chi connectivity index (χ0v) is 12.3. The molecule has 1 aliphatic heterocycles. The van der Waals surface area contributed by atoms with Crippen molar-refractivity contribution < 1.29 is 23.9 Å². The van der Waals surface area contributed by atoms with Crippen molar-refractivity contribution in [2.75, 3.05) is 0 Å². The molecule has 112 valence electrons. The molecule has 0 N–H and O–H groups in total. The number of carbonyl (C=O) groups is 3. The Balaban J connectivity index is 2.31. The lowest BCUT2D eigenvalue weighted by Gasteiger charge is -2.37. The third-order valence-electron chi connectivity index (χ3n) is 3.94. The van der Waals surface area contributed by atoms with Crippen LogP contribution in [0.3, 0.4) is 0 Å². The Kier molecular flexibility index (Phi) is 4.01. The number of carbonyl (C=O) groups excluding carboxylic acids is 3. The molecule has 2 unspecified atom stereocenters. The average Bonchev–Trinajstić information content (AvgIpc) is 2.47. The maximum absolute atomic E-state index is 12.4. The van der Waals surface area contributed by atoms with Crippen LogP contribution in [0.25, 0.3) is 0 Å². The van der Waals surface area contributed by atoms with Crippen LogP contribution in [0.2, 0.25) is 0 Å². The van der Waals surface area contributed by atoms with Crippen LogP contribution in [-0.2, 0) is 23.9 Å². The number of likely N-dealkylation sites (tertiary alicyclic amines) is 1. The summed E-state index contributed by atoms with van der Waals surface area (Å²) in [5, 5.41) is 0. The topological polar surface area (TPSA) is 72.9 Å². The van der Waals surface area contributed by atoms with Gasteiger partial charge in [0.05, 0.1) is 5.92 Å². The van der Waals surface area contributed by atoms with E-state index in [2.05, 4.69) is 0 Å². The zero-order valence-electron chi connectivity index (χ0n) is 12.3. The maximum atomic E-state index is 12.4. The summed E-state index contributed by atoms with van der Waals surface area (Å²) in [4.78, 5) is 36.7. The standard InChI is InChI=1S/C14H21NO5/c1-7(2)15-12-11(19-8(3)16)6-5-10(14(15)18)13(12)20-9(4)17/h7,10-13H,5-6H2,1-4H3/t10-,11?,12+,13?/m0/s1. The Labute approximate surface area is 118 Å². The van der Waals surface area contributed by atoms with Crippen molar-refractivity contribution >= 4 is 17.8 Å². The third kappa shape index (κ3) is 2.51. The molecule has 1 amide bonds. The van der Waals surface area contributed by atoms with Gasteiger partial charge in [-0.05, 0) is 26.7 Å². The predicted molar refractivity (Wildman–Crippen MR) is 69.6 cm³/mol. The van der Waals surface area contributed by atoms with Crippen LogP contribution in [-0.4, -0.2) is 47.0 Å². The Morgan fingerprint density at radius 3 is 2.25 bits per heavy atom. The highest BCUT2D eigenvalue weighted by Crippen LogP contribution is 2.41. The summed E-state index contributed by atoms with van der Waals surface area (Å²) >= 11 is 0. The number of amides is 1. The number of ether oxygens (including phenoxy) is 2. The molecule has 6 nitrogen and oxygen atoms in total. The summed E-state index contributed by atoms with van der Waals surface area (Å²) in [6.45, 7) is 6.50. The summed E-state index contributed by atoms with van der Waals surface area (Å²) in [5.41, 5.74) is 0. The normalized spacial score (nSPS) is 32.5. The lowest BCUT2D eigenvalue weighted by atomic mass is 9.85. The molecular weight excluding hydrogens is 262 g/mol. The molecule has 0 spiro atoms. The first-order valence-corrected chi connectivity index (χ1v) is 6.99. The van der Waals surface area contributed by atoms with E-state index in [0.717, 1.165) is 0 Å². The van der Waals surface area contributed by atoms with E-state index in [1.54, 1.807) is 4.90 Å². The molecular formula is C14H21NO5. The Bertz CT molecular complexity index is 433. The molecule has 0 aromatic rings. The highest BCUT2D eigenvalue weighted by Gasteiger charge is 2.57. The van der Waals surface area contributed by atoms with Crippen molar-refractivity contribution in [3.05, 3.63) is 0 Å². The van der Waals surface area contributed by atoms with Crippen LogP contribution in [0.4, 0.5) is 0 Å². The summed E-state index contributed by atoms with van der Waals surface area (Å²) in [7, 11) is 0. The number of hydrogen-bond acceptors (Lipinski definition) is 5. The minimum atomic E-state index is -0.513. The quantitative estimate of drug-likeness (QED) is 0.719. The second-order valence-electron chi connectivity index (χ2n) is 5.74. The van der Waals surface area contributed by atoms with Crippen molar-refractivity contribution in [2.45, 2.75) is 64.8 Å². The maximum Gasteiger partial charge on any atom is 0.303 e. The van der Waals surface area contributed by atoms with Gasteiger partial charge in [0, 0.05) is 19.9 Å². The second-order valence-corrected chi connectivity index (χ2v) is 5.74. The molecule has 2 rings (SSSR count). The van der Waals surface area contributed by atoms with Gasteiger partial charge in [-0.3, -0.25) is 14.4 Å². The van der Waals surface area contributed by atoms with E-state index in [0.29, 0.717) is 12.8 Å². The lowest BCUT2D eigenvalue weighted by molar-refractivity contribution is -0.163.